The second-order valence-electron chi connectivity index (χ2n) is 5.68. The van der Waals surface area contributed by atoms with Gasteiger partial charge in [-0.1, -0.05) is 12.1 Å². The summed E-state index contributed by atoms with van der Waals surface area (Å²) in [6, 6.07) is 5.01. The number of benzene rings is 1. The van der Waals surface area contributed by atoms with Crippen LogP contribution in [0.3, 0.4) is 0 Å². The monoisotopic (exact) mass is 368 g/mol. The van der Waals surface area contributed by atoms with Crippen molar-refractivity contribution in [2.45, 2.75) is 24.7 Å². The lowest BCUT2D eigenvalue weighted by Crippen LogP contribution is -2.38. The van der Waals surface area contributed by atoms with E-state index in [2.05, 4.69) is 25.3 Å². The van der Waals surface area contributed by atoms with E-state index in [1.165, 1.54) is 37.8 Å². The molecule has 2 aromatic rings. The van der Waals surface area contributed by atoms with E-state index < -0.39 is 17.9 Å². The number of rotatable bonds is 5. The molecule has 10 heteroatoms. The Balaban J connectivity index is 1.71. The molecule has 0 bridgehead atoms. The molecular weight excluding hydrogens is 353 g/mol. The zero-order chi connectivity index (χ0) is 18.8. The van der Waals surface area contributed by atoms with Gasteiger partial charge in [0.05, 0.1) is 18.8 Å². The van der Waals surface area contributed by atoms with Gasteiger partial charge in [0.15, 0.2) is 11.6 Å². The van der Waals surface area contributed by atoms with Gasteiger partial charge in [0.1, 0.15) is 12.1 Å². The van der Waals surface area contributed by atoms with Gasteiger partial charge in [-0.2, -0.15) is 0 Å². The van der Waals surface area contributed by atoms with Crippen molar-refractivity contribution >= 4 is 11.8 Å². The number of alkyl halides is 3. The first-order valence-corrected chi connectivity index (χ1v) is 7.61. The minimum atomic E-state index is -4.77. The van der Waals surface area contributed by atoms with Crippen LogP contribution in [0, 0.1) is 0 Å². The van der Waals surface area contributed by atoms with Gasteiger partial charge in [-0.3, -0.25) is 5.32 Å². The van der Waals surface area contributed by atoms with Crippen molar-refractivity contribution in [3.8, 4) is 11.5 Å². The molecule has 0 unspecified atom stereocenters. The molecule has 0 radical (unpaired) electrons. The van der Waals surface area contributed by atoms with Crippen LogP contribution in [0.15, 0.2) is 36.8 Å². The van der Waals surface area contributed by atoms with E-state index in [0.717, 1.165) is 0 Å². The summed E-state index contributed by atoms with van der Waals surface area (Å²) in [7, 11) is 1.41. The number of methoxy groups -OCH3 is 1. The van der Waals surface area contributed by atoms with Crippen LogP contribution in [0.2, 0.25) is 0 Å². The SMILES string of the molecule is COc1cncnc1NC(=O)NC1(c2cccc(OC(F)(F)F)c2)CC1. The fourth-order valence-electron chi connectivity index (χ4n) is 2.52. The van der Waals surface area contributed by atoms with Gasteiger partial charge in [-0.25, -0.2) is 14.8 Å². The lowest BCUT2D eigenvalue weighted by Gasteiger charge is -2.19. The Morgan fingerprint density at radius 3 is 2.73 bits per heavy atom. The van der Waals surface area contributed by atoms with Crippen molar-refractivity contribution in [2.75, 3.05) is 12.4 Å². The van der Waals surface area contributed by atoms with Crippen molar-refractivity contribution in [3.05, 3.63) is 42.4 Å². The zero-order valence-electron chi connectivity index (χ0n) is 13.6. The number of nitrogens with zero attached hydrogens (tertiary/aromatic N) is 2. The highest BCUT2D eigenvalue weighted by Crippen LogP contribution is 2.46. The second kappa shape index (κ2) is 6.70. The van der Waals surface area contributed by atoms with Gasteiger partial charge in [0.25, 0.3) is 0 Å². The first-order valence-electron chi connectivity index (χ1n) is 7.61. The van der Waals surface area contributed by atoms with E-state index in [9.17, 15) is 18.0 Å². The highest BCUT2D eigenvalue weighted by Gasteiger charge is 2.46. The molecule has 7 nitrogen and oxygen atoms in total. The molecular formula is C16H15F3N4O3. The number of ether oxygens (including phenoxy) is 2. The van der Waals surface area contributed by atoms with Crippen LogP contribution in [0.4, 0.5) is 23.8 Å². The van der Waals surface area contributed by atoms with E-state index in [-0.39, 0.29) is 17.3 Å². The highest BCUT2D eigenvalue weighted by atomic mass is 19.4. The Morgan fingerprint density at radius 1 is 1.31 bits per heavy atom. The number of carbonyl (C=O) groups excluding carboxylic acids is 1. The minimum absolute atomic E-state index is 0.185. The highest BCUT2D eigenvalue weighted by molar-refractivity contribution is 5.90. The molecule has 1 aromatic carbocycles. The first kappa shape index (κ1) is 17.8. The summed E-state index contributed by atoms with van der Waals surface area (Å²) in [6.45, 7) is 0. The molecule has 1 fully saturated rings. The predicted molar refractivity (Wildman–Crippen MR) is 84.8 cm³/mol. The number of hydrogen-bond donors (Lipinski definition) is 2. The molecule has 1 heterocycles. The number of halogens is 3. The van der Waals surface area contributed by atoms with E-state index in [0.29, 0.717) is 18.4 Å². The Hall–Kier alpha value is -3.04. The van der Waals surface area contributed by atoms with Crippen molar-refractivity contribution in [3.63, 3.8) is 0 Å². The molecule has 1 aliphatic rings. The molecule has 1 aromatic heterocycles. The number of anilines is 1. The zero-order valence-corrected chi connectivity index (χ0v) is 13.6. The van der Waals surface area contributed by atoms with Crippen LogP contribution in [0.5, 0.6) is 11.5 Å². The van der Waals surface area contributed by atoms with Crippen molar-refractivity contribution in [2.24, 2.45) is 0 Å². The minimum Gasteiger partial charge on any atom is -0.491 e. The maximum Gasteiger partial charge on any atom is 0.573 e. The van der Waals surface area contributed by atoms with Crippen LogP contribution in [-0.4, -0.2) is 29.5 Å². The maximum atomic E-state index is 12.4. The summed E-state index contributed by atoms with van der Waals surface area (Å²) in [6.07, 6.45) is -0.937. The van der Waals surface area contributed by atoms with Gasteiger partial charge in [0, 0.05) is 0 Å². The standard InChI is InChI=1S/C16H15F3N4O3/c1-25-12-8-20-9-21-13(12)22-14(24)23-15(5-6-15)10-3-2-4-11(7-10)26-16(17,18)19/h2-4,7-9H,5-6H2,1H3,(H2,20,21,22,23,24). The maximum absolute atomic E-state index is 12.4. The Labute approximate surface area is 146 Å². The first-order chi connectivity index (χ1) is 12.3. The third-order valence-electron chi connectivity index (χ3n) is 3.85. The molecule has 2 amide bonds. The van der Waals surface area contributed by atoms with Gasteiger partial charge in [0.2, 0.25) is 0 Å². The molecule has 3 rings (SSSR count). The quantitative estimate of drug-likeness (QED) is 0.847. The number of aromatic nitrogens is 2. The molecule has 138 valence electrons. The summed E-state index contributed by atoms with van der Waals surface area (Å²) < 4.78 is 46.1. The average molecular weight is 368 g/mol. The molecule has 0 aliphatic heterocycles. The molecule has 2 N–H and O–H groups in total. The number of carbonyl (C=O) groups is 1. The predicted octanol–water partition coefficient (Wildman–Crippen LogP) is 3.19. The van der Waals surface area contributed by atoms with E-state index in [1.54, 1.807) is 6.07 Å². The molecule has 0 saturated heterocycles. The number of urea groups is 1. The number of hydrogen-bond acceptors (Lipinski definition) is 5. The van der Waals surface area contributed by atoms with Crippen molar-refractivity contribution < 1.29 is 27.4 Å². The summed E-state index contributed by atoms with van der Waals surface area (Å²) >= 11 is 0. The summed E-state index contributed by atoms with van der Waals surface area (Å²) in [5, 5.41) is 5.31. The molecule has 26 heavy (non-hydrogen) atoms. The largest absolute Gasteiger partial charge is 0.573 e. The van der Waals surface area contributed by atoms with E-state index >= 15 is 0 Å². The van der Waals surface area contributed by atoms with Gasteiger partial charge in [-0.15, -0.1) is 13.2 Å². The smallest absolute Gasteiger partial charge is 0.491 e. The van der Waals surface area contributed by atoms with Crippen LogP contribution < -0.4 is 20.1 Å². The fraction of sp³-hybridized carbons (Fsp3) is 0.312. The number of nitrogens with one attached hydrogen (secondary N) is 2. The third kappa shape index (κ3) is 4.13. The Bertz CT molecular complexity index is 809. The van der Waals surface area contributed by atoms with E-state index in [4.69, 9.17) is 4.74 Å². The normalized spacial score (nSPS) is 15.1. The van der Waals surface area contributed by atoms with Gasteiger partial charge < -0.3 is 14.8 Å². The Morgan fingerprint density at radius 2 is 2.08 bits per heavy atom. The summed E-state index contributed by atoms with van der Waals surface area (Å²) in [5.74, 6) is 0.138. The lowest BCUT2D eigenvalue weighted by atomic mass is 10.0. The molecule has 0 spiro atoms. The molecule has 1 aliphatic carbocycles. The van der Waals surface area contributed by atoms with Crippen LogP contribution in [0.1, 0.15) is 18.4 Å². The van der Waals surface area contributed by atoms with Crippen LogP contribution >= 0.6 is 0 Å². The molecule has 0 atom stereocenters. The fourth-order valence-corrected chi connectivity index (χ4v) is 2.52. The van der Waals surface area contributed by atoms with Crippen LogP contribution in [0.25, 0.3) is 0 Å². The average Bonchev–Trinajstić information content (AvgIpc) is 3.34. The lowest BCUT2D eigenvalue weighted by molar-refractivity contribution is -0.274. The Kier molecular flexibility index (Phi) is 4.58. The van der Waals surface area contributed by atoms with Gasteiger partial charge in [-0.05, 0) is 30.5 Å². The van der Waals surface area contributed by atoms with Crippen molar-refractivity contribution in [1.29, 1.82) is 0 Å². The van der Waals surface area contributed by atoms with E-state index in [1.807, 2.05) is 0 Å². The third-order valence-corrected chi connectivity index (χ3v) is 3.85. The summed E-state index contributed by atoms with van der Waals surface area (Å²) in [4.78, 5) is 20.0. The van der Waals surface area contributed by atoms with Crippen molar-refractivity contribution in [1.82, 2.24) is 15.3 Å². The summed E-state index contributed by atoms with van der Waals surface area (Å²) in [5.41, 5.74) is -0.209. The second-order valence-corrected chi connectivity index (χ2v) is 5.68. The van der Waals surface area contributed by atoms with Crippen LogP contribution in [-0.2, 0) is 5.54 Å². The molecule has 1 saturated carbocycles. The number of amides is 2. The topological polar surface area (TPSA) is 85.4 Å². The van der Waals surface area contributed by atoms with Gasteiger partial charge >= 0.3 is 12.4 Å².